The van der Waals surface area contributed by atoms with Gasteiger partial charge in [0.2, 0.25) is 0 Å². The summed E-state index contributed by atoms with van der Waals surface area (Å²) < 4.78 is 5.34. The Morgan fingerprint density at radius 2 is 1.94 bits per heavy atom. The molecule has 0 amide bonds. The van der Waals surface area contributed by atoms with Gasteiger partial charge in [0, 0.05) is 37.1 Å². The standard InChI is InChI=1S/C13H21N3O/c1-11(14)10-15-12-2-4-13(5-3-12)16-6-8-17-9-7-16/h2-5,11,15H,6-10,14H2,1H3. The first-order valence-corrected chi connectivity index (χ1v) is 6.18. The normalized spacial score (nSPS) is 17.9. The summed E-state index contributed by atoms with van der Waals surface area (Å²) in [5.74, 6) is 0. The fourth-order valence-electron chi connectivity index (χ4n) is 1.89. The van der Waals surface area contributed by atoms with Crippen LogP contribution in [0.4, 0.5) is 11.4 Å². The molecule has 2 rings (SSSR count). The molecular weight excluding hydrogens is 214 g/mol. The van der Waals surface area contributed by atoms with E-state index in [0.717, 1.165) is 38.5 Å². The molecule has 0 aromatic heterocycles. The van der Waals surface area contributed by atoms with Crippen molar-refractivity contribution in [1.29, 1.82) is 0 Å². The van der Waals surface area contributed by atoms with Crippen molar-refractivity contribution in [2.45, 2.75) is 13.0 Å². The second-order valence-corrected chi connectivity index (χ2v) is 4.50. The first kappa shape index (κ1) is 12.2. The highest BCUT2D eigenvalue weighted by atomic mass is 16.5. The van der Waals surface area contributed by atoms with E-state index >= 15 is 0 Å². The Morgan fingerprint density at radius 3 is 2.53 bits per heavy atom. The van der Waals surface area contributed by atoms with Gasteiger partial charge in [0.05, 0.1) is 13.2 Å². The third-order valence-corrected chi connectivity index (χ3v) is 2.87. The zero-order chi connectivity index (χ0) is 12.1. The van der Waals surface area contributed by atoms with E-state index in [1.165, 1.54) is 5.69 Å². The molecule has 4 nitrogen and oxygen atoms in total. The molecule has 0 saturated carbocycles. The van der Waals surface area contributed by atoms with Gasteiger partial charge < -0.3 is 20.7 Å². The Bertz CT molecular complexity index is 331. The number of nitrogens with one attached hydrogen (secondary N) is 1. The second kappa shape index (κ2) is 5.89. The number of nitrogens with two attached hydrogens (primary N) is 1. The third kappa shape index (κ3) is 3.61. The number of benzene rings is 1. The highest BCUT2D eigenvalue weighted by molar-refractivity contribution is 5.55. The summed E-state index contributed by atoms with van der Waals surface area (Å²) >= 11 is 0. The van der Waals surface area contributed by atoms with Crippen molar-refractivity contribution < 1.29 is 4.74 Å². The lowest BCUT2D eigenvalue weighted by atomic mass is 10.2. The van der Waals surface area contributed by atoms with Crippen LogP contribution in [0.25, 0.3) is 0 Å². The number of ether oxygens (including phenoxy) is 1. The summed E-state index contributed by atoms with van der Waals surface area (Å²) in [4.78, 5) is 2.35. The van der Waals surface area contributed by atoms with E-state index in [1.54, 1.807) is 0 Å². The van der Waals surface area contributed by atoms with E-state index in [1.807, 2.05) is 6.92 Å². The molecule has 17 heavy (non-hydrogen) atoms. The number of rotatable bonds is 4. The molecule has 4 heteroatoms. The van der Waals surface area contributed by atoms with Crippen molar-refractivity contribution >= 4 is 11.4 Å². The van der Waals surface area contributed by atoms with Crippen molar-refractivity contribution in [1.82, 2.24) is 0 Å². The van der Waals surface area contributed by atoms with Gasteiger partial charge in [-0.25, -0.2) is 0 Å². The van der Waals surface area contributed by atoms with Crippen LogP contribution < -0.4 is 16.0 Å². The van der Waals surface area contributed by atoms with Gasteiger partial charge >= 0.3 is 0 Å². The molecule has 1 heterocycles. The average Bonchev–Trinajstić information content (AvgIpc) is 2.38. The third-order valence-electron chi connectivity index (χ3n) is 2.87. The van der Waals surface area contributed by atoms with Gasteiger partial charge in [-0.2, -0.15) is 0 Å². The van der Waals surface area contributed by atoms with Gasteiger partial charge in [0.25, 0.3) is 0 Å². The maximum atomic E-state index is 5.70. The average molecular weight is 235 g/mol. The lowest BCUT2D eigenvalue weighted by Gasteiger charge is -2.29. The Kier molecular flexibility index (Phi) is 4.23. The van der Waals surface area contributed by atoms with Gasteiger partial charge in [-0.05, 0) is 31.2 Å². The van der Waals surface area contributed by atoms with Crippen LogP contribution in [0.2, 0.25) is 0 Å². The van der Waals surface area contributed by atoms with Crippen molar-refractivity contribution in [3.63, 3.8) is 0 Å². The number of morpholine rings is 1. The minimum absolute atomic E-state index is 0.175. The molecule has 0 spiro atoms. The maximum absolute atomic E-state index is 5.70. The van der Waals surface area contributed by atoms with Crippen LogP contribution in [-0.4, -0.2) is 38.9 Å². The fourth-order valence-corrected chi connectivity index (χ4v) is 1.89. The highest BCUT2D eigenvalue weighted by Gasteiger charge is 2.10. The van der Waals surface area contributed by atoms with Gasteiger partial charge in [-0.3, -0.25) is 0 Å². The van der Waals surface area contributed by atoms with Crippen molar-refractivity contribution in [2.75, 3.05) is 43.1 Å². The first-order chi connectivity index (χ1) is 8.25. The summed E-state index contributed by atoms with van der Waals surface area (Å²) in [5.41, 5.74) is 8.09. The summed E-state index contributed by atoms with van der Waals surface area (Å²) in [6.07, 6.45) is 0. The minimum Gasteiger partial charge on any atom is -0.383 e. The van der Waals surface area contributed by atoms with Crippen LogP contribution in [0.1, 0.15) is 6.92 Å². The molecule has 1 aromatic carbocycles. The van der Waals surface area contributed by atoms with Crippen LogP contribution in [0.3, 0.4) is 0 Å². The predicted octanol–water partition coefficient (Wildman–Crippen LogP) is 1.28. The van der Waals surface area contributed by atoms with Crippen LogP contribution >= 0.6 is 0 Å². The van der Waals surface area contributed by atoms with E-state index in [9.17, 15) is 0 Å². The summed E-state index contributed by atoms with van der Waals surface area (Å²) in [6, 6.07) is 8.68. The number of nitrogens with zero attached hydrogens (tertiary/aromatic N) is 1. The number of hydrogen-bond acceptors (Lipinski definition) is 4. The Morgan fingerprint density at radius 1 is 1.29 bits per heavy atom. The summed E-state index contributed by atoms with van der Waals surface area (Å²) in [5, 5.41) is 3.31. The minimum atomic E-state index is 0.175. The Hall–Kier alpha value is -1.26. The molecular formula is C13H21N3O. The number of hydrogen-bond donors (Lipinski definition) is 2. The van der Waals surface area contributed by atoms with E-state index in [4.69, 9.17) is 10.5 Å². The largest absolute Gasteiger partial charge is 0.383 e. The van der Waals surface area contributed by atoms with Crippen LogP contribution in [0.5, 0.6) is 0 Å². The Labute approximate surface area is 103 Å². The van der Waals surface area contributed by atoms with E-state index in [0.29, 0.717) is 0 Å². The van der Waals surface area contributed by atoms with Gasteiger partial charge in [-0.1, -0.05) is 0 Å². The van der Waals surface area contributed by atoms with Crippen LogP contribution in [0.15, 0.2) is 24.3 Å². The zero-order valence-electron chi connectivity index (χ0n) is 10.4. The molecule has 1 aliphatic heterocycles. The topological polar surface area (TPSA) is 50.5 Å². The summed E-state index contributed by atoms with van der Waals surface area (Å²) in [6.45, 7) is 6.40. The van der Waals surface area contributed by atoms with Gasteiger partial charge in [-0.15, -0.1) is 0 Å². The molecule has 1 fully saturated rings. The first-order valence-electron chi connectivity index (χ1n) is 6.18. The fraction of sp³-hybridized carbons (Fsp3) is 0.538. The second-order valence-electron chi connectivity index (χ2n) is 4.50. The van der Waals surface area contributed by atoms with Crippen LogP contribution in [-0.2, 0) is 4.74 Å². The molecule has 1 aliphatic rings. The lowest BCUT2D eigenvalue weighted by molar-refractivity contribution is 0.122. The van der Waals surface area contributed by atoms with Crippen LogP contribution in [0, 0.1) is 0 Å². The van der Waals surface area contributed by atoms with E-state index in [2.05, 4.69) is 34.5 Å². The Balaban J connectivity index is 1.92. The predicted molar refractivity (Wildman–Crippen MR) is 71.6 cm³/mol. The highest BCUT2D eigenvalue weighted by Crippen LogP contribution is 2.18. The molecule has 1 atom stereocenters. The van der Waals surface area contributed by atoms with E-state index in [-0.39, 0.29) is 6.04 Å². The maximum Gasteiger partial charge on any atom is 0.0642 e. The molecule has 3 N–H and O–H groups in total. The summed E-state index contributed by atoms with van der Waals surface area (Å²) in [7, 11) is 0. The quantitative estimate of drug-likeness (QED) is 0.825. The van der Waals surface area contributed by atoms with Gasteiger partial charge in [0.1, 0.15) is 0 Å². The molecule has 1 aromatic rings. The molecule has 0 bridgehead atoms. The van der Waals surface area contributed by atoms with Crippen molar-refractivity contribution in [2.24, 2.45) is 5.73 Å². The van der Waals surface area contributed by atoms with E-state index < -0.39 is 0 Å². The molecule has 0 radical (unpaired) electrons. The zero-order valence-corrected chi connectivity index (χ0v) is 10.4. The SMILES string of the molecule is CC(N)CNc1ccc(N2CCOCC2)cc1. The molecule has 1 saturated heterocycles. The monoisotopic (exact) mass is 235 g/mol. The van der Waals surface area contributed by atoms with Gasteiger partial charge in [0.15, 0.2) is 0 Å². The number of anilines is 2. The lowest BCUT2D eigenvalue weighted by Crippen LogP contribution is -2.36. The van der Waals surface area contributed by atoms with Crippen molar-refractivity contribution in [3.05, 3.63) is 24.3 Å². The molecule has 0 aliphatic carbocycles. The van der Waals surface area contributed by atoms with Crippen molar-refractivity contribution in [3.8, 4) is 0 Å². The molecule has 1 unspecified atom stereocenters. The molecule has 94 valence electrons. The smallest absolute Gasteiger partial charge is 0.0642 e.